The van der Waals surface area contributed by atoms with Gasteiger partial charge in [-0.15, -0.1) is 11.8 Å². The zero-order chi connectivity index (χ0) is 16.7. The Morgan fingerprint density at radius 1 is 1.17 bits per heavy atom. The largest absolute Gasteiger partial charge is 0.496 e. The van der Waals surface area contributed by atoms with Crippen molar-refractivity contribution in [2.75, 3.05) is 25.2 Å². The minimum Gasteiger partial charge on any atom is -0.496 e. The van der Waals surface area contributed by atoms with Gasteiger partial charge in [-0.2, -0.15) is 0 Å². The van der Waals surface area contributed by atoms with Crippen LogP contribution >= 0.6 is 11.8 Å². The summed E-state index contributed by atoms with van der Waals surface area (Å²) in [6.45, 7) is 2.25. The number of carbonyl (C=O) groups is 1. The van der Waals surface area contributed by atoms with Crippen LogP contribution in [0, 0.1) is 0 Å². The molecule has 0 saturated carbocycles. The van der Waals surface area contributed by atoms with Gasteiger partial charge in [-0.3, -0.25) is 4.79 Å². The van der Waals surface area contributed by atoms with Crippen LogP contribution in [-0.4, -0.2) is 25.8 Å². The van der Waals surface area contributed by atoms with Crippen LogP contribution in [0.3, 0.4) is 0 Å². The first-order valence-corrected chi connectivity index (χ1v) is 8.67. The van der Waals surface area contributed by atoms with Gasteiger partial charge >= 0.3 is 0 Å². The van der Waals surface area contributed by atoms with E-state index in [2.05, 4.69) is 10.6 Å². The molecule has 23 heavy (non-hydrogen) atoms. The molecule has 2 N–H and O–H groups in total. The number of amides is 1. The Hall–Kier alpha value is -1.98. The molecule has 0 aromatic heterocycles. The lowest BCUT2D eigenvalue weighted by Crippen LogP contribution is -2.30. The first-order valence-electron chi connectivity index (χ1n) is 7.45. The van der Waals surface area contributed by atoms with Crippen LogP contribution in [0.15, 0.2) is 53.4 Å². The van der Waals surface area contributed by atoms with Crippen molar-refractivity contribution in [3.8, 4) is 5.75 Å². The Kier molecular flexibility index (Phi) is 6.50. The summed E-state index contributed by atoms with van der Waals surface area (Å²) in [5.41, 5.74) is 1.88. The highest BCUT2D eigenvalue weighted by atomic mass is 32.2. The van der Waals surface area contributed by atoms with E-state index in [-0.39, 0.29) is 18.5 Å². The molecule has 0 aliphatic carbocycles. The summed E-state index contributed by atoms with van der Waals surface area (Å²) < 4.78 is 5.36. The van der Waals surface area contributed by atoms with E-state index < -0.39 is 0 Å². The molecule has 122 valence electrons. The molecule has 4 nitrogen and oxygen atoms in total. The predicted molar refractivity (Wildman–Crippen MR) is 96.3 cm³/mol. The molecule has 0 fully saturated rings. The molecule has 0 aliphatic heterocycles. The fourth-order valence-electron chi connectivity index (χ4n) is 2.32. The van der Waals surface area contributed by atoms with Crippen LogP contribution in [0.1, 0.15) is 18.5 Å². The van der Waals surface area contributed by atoms with Gasteiger partial charge in [0.15, 0.2) is 0 Å². The fourth-order valence-corrected chi connectivity index (χ4v) is 2.88. The summed E-state index contributed by atoms with van der Waals surface area (Å²) in [7, 11) is 1.65. The number of rotatable bonds is 7. The molecular weight excluding hydrogens is 308 g/mol. The SMILES string of the molecule is COc1ccccc1C(C)NCC(=O)Nc1ccccc1SC. The summed E-state index contributed by atoms with van der Waals surface area (Å²) in [6, 6.07) is 15.6. The second kappa shape index (κ2) is 8.60. The minimum absolute atomic E-state index is 0.0210. The molecule has 0 bridgehead atoms. The third-order valence-corrected chi connectivity index (χ3v) is 4.35. The molecular formula is C18H22N2O2S. The second-order valence-corrected chi connectivity index (χ2v) is 5.94. The van der Waals surface area contributed by atoms with Gasteiger partial charge in [-0.05, 0) is 31.4 Å². The first kappa shape index (κ1) is 17.4. The quantitative estimate of drug-likeness (QED) is 0.760. The third-order valence-electron chi connectivity index (χ3n) is 3.56. The van der Waals surface area contributed by atoms with Crippen molar-refractivity contribution in [2.45, 2.75) is 17.9 Å². The zero-order valence-corrected chi connectivity index (χ0v) is 14.4. The number of methoxy groups -OCH3 is 1. The minimum atomic E-state index is -0.0618. The number of carbonyl (C=O) groups excluding carboxylic acids is 1. The Balaban J connectivity index is 1.94. The monoisotopic (exact) mass is 330 g/mol. The number of benzene rings is 2. The molecule has 0 radical (unpaired) electrons. The van der Waals surface area contributed by atoms with E-state index in [0.29, 0.717) is 0 Å². The Morgan fingerprint density at radius 3 is 2.61 bits per heavy atom. The van der Waals surface area contributed by atoms with E-state index in [1.807, 2.05) is 61.7 Å². The van der Waals surface area contributed by atoms with Crippen LogP contribution < -0.4 is 15.4 Å². The summed E-state index contributed by atoms with van der Waals surface area (Å²) in [5.74, 6) is 0.758. The summed E-state index contributed by atoms with van der Waals surface area (Å²) >= 11 is 1.61. The van der Waals surface area contributed by atoms with Crippen LogP contribution in [-0.2, 0) is 4.79 Å². The lowest BCUT2D eigenvalue weighted by molar-refractivity contribution is -0.115. The van der Waals surface area contributed by atoms with E-state index in [0.717, 1.165) is 21.9 Å². The number of hydrogen-bond donors (Lipinski definition) is 2. The Bertz CT molecular complexity index is 661. The lowest BCUT2D eigenvalue weighted by Gasteiger charge is -2.17. The normalized spacial score (nSPS) is 11.8. The number of hydrogen-bond acceptors (Lipinski definition) is 4. The maximum atomic E-state index is 12.2. The highest BCUT2D eigenvalue weighted by molar-refractivity contribution is 7.98. The predicted octanol–water partition coefficient (Wildman–Crippen LogP) is 3.71. The molecule has 0 spiro atoms. The van der Waals surface area contributed by atoms with Gasteiger partial charge in [0.25, 0.3) is 0 Å². The van der Waals surface area contributed by atoms with E-state index >= 15 is 0 Å². The molecule has 2 aromatic rings. The number of thioether (sulfide) groups is 1. The average Bonchev–Trinajstić information content (AvgIpc) is 2.60. The highest BCUT2D eigenvalue weighted by Crippen LogP contribution is 2.25. The van der Waals surface area contributed by atoms with Crippen molar-refractivity contribution >= 4 is 23.4 Å². The van der Waals surface area contributed by atoms with E-state index in [4.69, 9.17) is 4.74 Å². The van der Waals surface area contributed by atoms with Crippen molar-refractivity contribution in [1.29, 1.82) is 0 Å². The topological polar surface area (TPSA) is 50.4 Å². The lowest BCUT2D eigenvalue weighted by atomic mass is 10.1. The van der Waals surface area contributed by atoms with Crippen LogP contribution in [0.5, 0.6) is 5.75 Å². The number of para-hydroxylation sites is 2. The zero-order valence-electron chi connectivity index (χ0n) is 13.6. The molecule has 2 aromatic carbocycles. The van der Waals surface area contributed by atoms with Gasteiger partial charge in [0.2, 0.25) is 5.91 Å². The van der Waals surface area contributed by atoms with Crippen molar-refractivity contribution in [1.82, 2.24) is 5.32 Å². The Morgan fingerprint density at radius 2 is 1.87 bits per heavy atom. The number of ether oxygens (including phenoxy) is 1. The van der Waals surface area contributed by atoms with Gasteiger partial charge in [-0.25, -0.2) is 0 Å². The van der Waals surface area contributed by atoms with Gasteiger partial charge in [-0.1, -0.05) is 30.3 Å². The molecule has 5 heteroatoms. The van der Waals surface area contributed by atoms with E-state index in [9.17, 15) is 4.79 Å². The molecule has 0 aliphatic rings. The summed E-state index contributed by atoms with van der Waals surface area (Å²) in [4.78, 5) is 13.2. The molecule has 1 unspecified atom stereocenters. The Labute approximate surface area is 141 Å². The first-order chi connectivity index (χ1) is 11.2. The van der Waals surface area contributed by atoms with Gasteiger partial charge in [0, 0.05) is 16.5 Å². The van der Waals surface area contributed by atoms with Crippen LogP contribution in [0.25, 0.3) is 0 Å². The summed E-state index contributed by atoms with van der Waals surface area (Å²) in [5, 5.41) is 6.18. The van der Waals surface area contributed by atoms with Crippen LogP contribution in [0.4, 0.5) is 5.69 Å². The molecule has 0 saturated heterocycles. The average molecular weight is 330 g/mol. The van der Waals surface area contributed by atoms with Crippen molar-refractivity contribution in [3.05, 3.63) is 54.1 Å². The van der Waals surface area contributed by atoms with Gasteiger partial charge in [0.1, 0.15) is 5.75 Å². The second-order valence-electron chi connectivity index (χ2n) is 5.09. The van der Waals surface area contributed by atoms with Crippen molar-refractivity contribution in [3.63, 3.8) is 0 Å². The highest BCUT2D eigenvalue weighted by Gasteiger charge is 2.12. The van der Waals surface area contributed by atoms with Crippen molar-refractivity contribution < 1.29 is 9.53 Å². The molecule has 0 heterocycles. The van der Waals surface area contributed by atoms with Crippen LogP contribution in [0.2, 0.25) is 0 Å². The summed E-state index contributed by atoms with van der Waals surface area (Å²) in [6.07, 6.45) is 1.99. The number of nitrogens with one attached hydrogen (secondary N) is 2. The van der Waals surface area contributed by atoms with E-state index in [1.165, 1.54) is 0 Å². The molecule has 1 atom stereocenters. The molecule has 2 rings (SSSR count). The number of anilines is 1. The maximum Gasteiger partial charge on any atom is 0.238 e. The molecule has 1 amide bonds. The third kappa shape index (κ3) is 4.74. The maximum absolute atomic E-state index is 12.2. The van der Waals surface area contributed by atoms with Gasteiger partial charge in [0.05, 0.1) is 19.3 Å². The van der Waals surface area contributed by atoms with E-state index in [1.54, 1.807) is 18.9 Å². The smallest absolute Gasteiger partial charge is 0.238 e. The van der Waals surface area contributed by atoms with Gasteiger partial charge < -0.3 is 15.4 Å². The van der Waals surface area contributed by atoms with Crippen molar-refractivity contribution in [2.24, 2.45) is 0 Å². The standard InChI is InChI=1S/C18H22N2O2S/c1-13(14-8-4-6-10-16(14)22-2)19-12-18(21)20-15-9-5-7-11-17(15)23-3/h4-11,13,19H,12H2,1-3H3,(H,20,21). The fraction of sp³-hybridized carbons (Fsp3) is 0.278.